The Morgan fingerprint density at radius 1 is 0.467 bits per heavy atom. The molecule has 4 heteroatoms. The van der Waals surface area contributed by atoms with Gasteiger partial charge in [-0.2, -0.15) is 0 Å². The molecule has 0 amide bonds. The molecule has 0 saturated heterocycles. The largest absolute Gasteiger partial charge is 0.264 e. The van der Waals surface area contributed by atoms with Gasteiger partial charge in [-0.15, -0.1) is 11.8 Å². The molecule has 282 valence electrons. The van der Waals surface area contributed by atoms with Gasteiger partial charge in [0.05, 0.1) is 16.8 Å². The molecule has 0 saturated carbocycles. The van der Waals surface area contributed by atoms with Crippen molar-refractivity contribution in [1.29, 1.82) is 0 Å². The number of rotatable bonds is 5. The van der Waals surface area contributed by atoms with Crippen LogP contribution in [-0.4, -0.2) is 20.2 Å². The highest BCUT2D eigenvalue weighted by Gasteiger charge is 2.55. The number of hydrogen-bond acceptors (Lipinski definition) is 4. The first-order valence-electron chi connectivity index (χ1n) is 20.6. The Kier molecular flexibility index (Phi) is 8.14. The van der Waals surface area contributed by atoms with Crippen molar-refractivity contribution in [3.8, 4) is 67.3 Å². The lowest BCUT2D eigenvalue weighted by Crippen LogP contribution is -2.43. The Labute approximate surface area is 353 Å². The fraction of sp³-hybridized carbons (Fsp3) is 0.0536. The molecule has 1 spiro atoms. The summed E-state index contributed by atoms with van der Waals surface area (Å²) in [5.41, 5.74) is 16.1. The first-order valence-corrected chi connectivity index (χ1v) is 21.5. The van der Waals surface area contributed by atoms with E-state index < -0.39 is 5.41 Å². The summed E-state index contributed by atoms with van der Waals surface area (Å²) in [5.74, 6) is 0.936. The normalized spacial score (nSPS) is 18.2. The van der Waals surface area contributed by atoms with Crippen LogP contribution >= 0.6 is 11.8 Å². The van der Waals surface area contributed by atoms with Crippen LogP contribution in [0.15, 0.2) is 218 Å². The van der Waals surface area contributed by atoms with E-state index in [-0.39, 0.29) is 5.92 Å². The topological polar surface area (TPSA) is 38.7 Å². The van der Waals surface area contributed by atoms with Crippen molar-refractivity contribution in [2.45, 2.75) is 15.6 Å². The Balaban J connectivity index is 1.09. The first kappa shape index (κ1) is 34.9. The molecule has 9 aromatic rings. The molecular formula is C56H37N3S. The van der Waals surface area contributed by atoms with E-state index in [1.165, 1.54) is 60.4 Å². The maximum atomic E-state index is 5.15. The second kappa shape index (κ2) is 14.0. The number of pyridine rings is 1. The van der Waals surface area contributed by atoms with Gasteiger partial charge in [0.15, 0.2) is 5.82 Å². The van der Waals surface area contributed by atoms with Gasteiger partial charge in [0.2, 0.25) is 0 Å². The second-order valence-electron chi connectivity index (χ2n) is 15.8. The lowest BCUT2D eigenvalue weighted by Gasteiger charge is -2.47. The molecule has 3 aliphatic rings. The number of nitrogens with zero attached hydrogens (tertiary/aromatic N) is 3. The van der Waals surface area contributed by atoms with E-state index in [9.17, 15) is 0 Å². The van der Waals surface area contributed by atoms with Crippen LogP contribution in [0.2, 0.25) is 0 Å². The van der Waals surface area contributed by atoms with Gasteiger partial charge in [-0.3, -0.25) is 4.98 Å². The summed E-state index contributed by atoms with van der Waals surface area (Å²) < 4.78 is 0. The van der Waals surface area contributed by atoms with Gasteiger partial charge in [-0.1, -0.05) is 182 Å². The highest BCUT2D eigenvalue weighted by molar-refractivity contribution is 8.00. The lowest BCUT2D eigenvalue weighted by atomic mass is 9.61. The van der Waals surface area contributed by atoms with Crippen LogP contribution in [0.5, 0.6) is 0 Å². The third kappa shape index (κ3) is 5.34. The van der Waals surface area contributed by atoms with Crippen LogP contribution in [0.3, 0.4) is 0 Å². The fourth-order valence-corrected chi connectivity index (χ4v) is 11.5. The van der Waals surface area contributed by atoms with E-state index in [4.69, 9.17) is 9.97 Å². The average Bonchev–Trinajstić information content (AvgIpc) is 3.63. The zero-order chi connectivity index (χ0) is 39.6. The van der Waals surface area contributed by atoms with Gasteiger partial charge in [0, 0.05) is 50.5 Å². The SMILES string of the molecule is C1=CC2Sc3ccccc3C3(c4cccc(-c5ccc(-c6cc(-c7ccccc7)nc(-c7ccccc7)n6)cc5)c4-c4c(-c5cccc6ccncc56)cccc43)C2C=C1. The Hall–Kier alpha value is -7.14. The van der Waals surface area contributed by atoms with Crippen LogP contribution in [-0.2, 0) is 5.41 Å². The van der Waals surface area contributed by atoms with Gasteiger partial charge in [-0.05, 0) is 73.7 Å². The third-order valence-corrected chi connectivity index (χ3v) is 14.0. The molecular weight excluding hydrogens is 747 g/mol. The summed E-state index contributed by atoms with van der Waals surface area (Å²) in [6.07, 6.45) is 13.3. The summed E-state index contributed by atoms with van der Waals surface area (Å²) in [4.78, 5) is 16.2. The van der Waals surface area contributed by atoms with Gasteiger partial charge in [0.25, 0.3) is 0 Å². The Morgan fingerprint density at radius 2 is 1.07 bits per heavy atom. The molecule has 3 nitrogen and oxygen atoms in total. The maximum Gasteiger partial charge on any atom is 0.160 e. The summed E-state index contributed by atoms with van der Waals surface area (Å²) in [6, 6.07) is 63.7. The molecule has 3 unspecified atom stereocenters. The summed E-state index contributed by atoms with van der Waals surface area (Å²) >= 11 is 2.00. The first-order chi connectivity index (χ1) is 29.8. The third-order valence-electron chi connectivity index (χ3n) is 12.7. The molecule has 7 aromatic carbocycles. The van der Waals surface area contributed by atoms with Crippen LogP contribution in [0.4, 0.5) is 0 Å². The van der Waals surface area contributed by atoms with Gasteiger partial charge in [0.1, 0.15) is 0 Å². The average molecular weight is 784 g/mol. The van der Waals surface area contributed by atoms with E-state index in [0.717, 1.165) is 33.5 Å². The Bertz CT molecular complexity index is 3130. The number of aromatic nitrogens is 3. The smallest absolute Gasteiger partial charge is 0.160 e. The summed E-state index contributed by atoms with van der Waals surface area (Å²) in [5, 5.41) is 2.64. The number of allylic oxidation sites excluding steroid dienone is 3. The maximum absolute atomic E-state index is 5.15. The Morgan fingerprint density at radius 3 is 1.85 bits per heavy atom. The molecule has 2 aromatic heterocycles. The van der Waals surface area contributed by atoms with Gasteiger partial charge in [-0.25, -0.2) is 9.97 Å². The van der Waals surface area contributed by atoms with Crippen molar-refractivity contribution in [2.75, 3.05) is 0 Å². The van der Waals surface area contributed by atoms with Crippen molar-refractivity contribution < 1.29 is 0 Å². The molecule has 60 heavy (non-hydrogen) atoms. The van der Waals surface area contributed by atoms with E-state index >= 15 is 0 Å². The molecule has 0 fully saturated rings. The van der Waals surface area contributed by atoms with Crippen molar-refractivity contribution in [3.05, 3.63) is 229 Å². The minimum Gasteiger partial charge on any atom is -0.264 e. The van der Waals surface area contributed by atoms with Crippen LogP contribution in [0.25, 0.3) is 78.1 Å². The van der Waals surface area contributed by atoms with Crippen molar-refractivity contribution in [1.82, 2.24) is 15.0 Å². The molecule has 1 aliphatic heterocycles. The van der Waals surface area contributed by atoms with E-state index in [1.54, 1.807) is 0 Å². The summed E-state index contributed by atoms with van der Waals surface area (Å²) in [7, 11) is 0. The fourth-order valence-electron chi connectivity index (χ4n) is 10.1. The summed E-state index contributed by atoms with van der Waals surface area (Å²) in [6.45, 7) is 0. The van der Waals surface area contributed by atoms with Crippen LogP contribution in [0, 0.1) is 5.92 Å². The highest BCUT2D eigenvalue weighted by atomic mass is 32.2. The molecule has 0 radical (unpaired) electrons. The molecule has 0 bridgehead atoms. The van der Waals surface area contributed by atoms with Crippen molar-refractivity contribution >= 4 is 22.5 Å². The minimum absolute atomic E-state index is 0.222. The monoisotopic (exact) mass is 783 g/mol. The van der Waals surface area contributed by atoms with E-state index in [1.807, 2.05) is 48.4 Å². The van der Waals surface area contributed by atoms with Gasteiger partial charge >= 0.3 is 0 Å². The minimum atomic E-state index is -0.393. The molecule has 3 heterocycles. The van der Waals surface area contributed by atoms with E-state index in [0.29, 0.717) is 11.1 Å². The zero-order valence-corrected chi connectivity index (χ0v) is 33.4. The number of benzene rings is 7. The van der Waals surface area contributed by atoms with Crippen LogP contribution in [0.1, 0.15) is 16.7 Å². The lowest BCUT2D eigenvalue weighted by molar-refractivity contribution is 0.449. The zero-order valence-electron chi connectivity index (χ0n) is 32.6. The second-order valence-corrected chi connectivity index (χ2v) is 17.0. The predicted molar refractivity (Wildman–Crippen MR) is 248 cm³/mol. The van der Waals surface area contributed by atoms with Crippen molar-refractivity contribution in [2.24, 2.45) is 5.92 Å². The molecule has 2 aliphatic carbocycles. The number of fused-ring (bicyclic) bond motifs is 10. The molecule has 3 atom stereocenters. The highest BCUT2D eigenvalue weighted by Crippen LogP contribution is 2.66. The quantitative estimate of drug-likeness (QED) is 0.174. The standard InChI is InChI=1S/C56H37N3S/c1-3-14-38(15-4-1)49-34-50(59-55(58-49)40-16-5-2-6-17-40)39-30-28-37(29-31-39)41-19-12-24-47-53(41)54-43(42-20-11-18-36-32-33-57-35-44(36)42)21-13-25-48(54)56(47)45-22-7-9-26-51(45)60-52-27-10-8-23-46(52)56/h1-35,45,51H. The van der Waals surface area contributed by atoms with Crippen LogP contribution < -0.4 is 0 Å². The number of hydrogen-bond donors (Lipinski definition) is 0. The molecule has 0 N–H and O–H groups in total. The predicted octanol–water partition coefficient (Wildman–Crippen LogP) is 13.9. The van der Waals surface area contributed by atoms with Crippen molar-refractivity contribution in [3.63, 3.8) is 0 Å². The number of thioether (sulfide) groups is 1. The van der Waals surface area contributed by atoms with Gasteiger partial charge < -0.3 is 0 Å². The van der Waals surface area contributed by atoms with E-state index in [2.05, 4.69) is 181 Å². The molecule has 12 rings (SSSR count).